The largest absolute Gasteiger partial charge is 0.436 e. The van der Waals surface area contributed by atoms with Crippen LogP contribution in [0.5, 0.6) is 0 Å². The van der Waals surface area contributed by atoms with Gasteiger partial charge in [0.15, 0.2) is 5.76 Å². The Hall–Kier alpha value is -2.70. The molecular weight excluding hydrogens is 300 g/mol. The van der Waals surface area contributed by atoms with Crippen molar-refractivity contribution < 1.29 is 22.0 Å². The van der Waals surface area contributed by atoms with Crippen LogP contribution in [-0.4, -0.2) is 9.97 Å². The lowest BCUT2D eigenvalue weighted by atomic mass is 10.2. The van der Waals surface area contributed by atoms with Crippen LogP contribution in [0.4, 0.5) is 17.6 Å². The van der Waals surface area contributed by atoms with Gasteiger partial charge in [-0.15, -0.1) is 0 Å². The van der Waals surface area contributed by atoms with Gasteiger partial charge in [0.25, 0.3) is 0 Å². The summed E-state index contributed by atoms with van der Waals surface area (Å²) in [5.41, 5.74) is -0.0528. The highest BCUT2D eigenvalue weighted by atomic mass is 19.4. The molecule has 2 heterocycles. The van der Waals surface area contributed by atoms with E-state index < -0.39 is 11.9 Å². The topological polar surface area (TPSA) is 38.9 Å². The number of pyridine rings is 1. The summed E-state index contributed by atoms with van der Waals surface area (Å²) in [5.74, 6) is 0.144. The number of oxazole rings is 1. The average molecular weight is 308 g/mol. The van der Waals surface area contributed by atoms with Gasteiger partial charge in [0.1, 0.15) is 11.5 Å². The Morgan fingerprint density at radius 1 is 0.818 bits per heavy atom. The van der Waals surface area contributed by atoms with Crippen LogP contribution in [0.25, 0.3) is 22.8 Å². The Bertz CT molecular complexity index is 777. The lowest BCUT2D eigenvalue weighted by molar-refractivity contribution is -0.141. The molecule has 2 aromatic heterocycles. The molecule has 0 saturated heterocycles. The normalized spacial score (nSPS) is 11.6. The zero-order valence-electron chi connectivity index (χ0n) is 10.9. The minimum Gasteiger partial charge on any atom is -0.436 e. The van der Waals surface area contributed by atoms with E-state index in [0.717, 1.165) is 12.3 Å². The molecule has 7 heteroatoms. The van der Waals surface area contributed by atoms with Crippen molar-refractivity contribution in [2.75, 3.05) is 0 Å². The molecule has 0 aliphatic rings. The van der Waals surface area contributed by atoms with Crippen LogP contribution >= 0.6 is 0 Å². The summed E-state index contributed by atoms with van der Waals surface area (Å²) < 4.78 is 55.7. The highest BCUT2D eigenvalue weighted by molar-refractivity contribution is 5.60. The van der Waals surface area contributed by atoms with Crippen molar-refractivity contribution in [3.63, 3.8) is 0 Å². The fraction of sp³-hybridized carbons (Fsp3) is 0.0667. The zero-order valence-corrected chi connectivity index (χ0v) is 10.9. The van der Waals surface area contributed by atoms with Crippen LogP contribution in [0.1, 0.15) is 5.69 Å². The molecule has 0 atom stereocenters. The molecule has 0 bridgehead atoms. The number of alkyl halides is 3. The molecule has 0 fully saturated rings. The van der Waals surface area contributed by atoms with Crippen molar-refractivity contribution in [2.24, 2.45) is 0 Å². The Morgan fingerprint density at radius 3 is 2.09 bits per heavy atom. The minimum atomic E-state index is -4.49. The highest BCUT2D eigenvalue weighted by Crippen LogP contribution is 2.30. The molecular formula is C15H8F4N2O. The molecule has 0 radical (unpaired) electrons. The smallest absolute Gasteiger partial charge is 0.433 e. The lowest BCUT2D eigenvalue weighted by Gasteiger charge is -2.04. The molecule has 3 nitrogen and oxygen atoms in total. The lowest BCUT2D eigenvalue weighted by Crippen LogP contribution is -2.07. The highest BCUT2D eigenvalue weighted by Gasteiger charge is 2.32. The van der Waals surface area contributed by atoms with Gasteiger partial charge in [-0.3, -0.25) is 4.98 Å². The maximum Gasteiger partial charge on any atom is 0.433 e. The zero-order chi connectivity index (χ0) is 15.7. The minimum absolute atomic E-state index is 0.139. The van der Waals surface area contributed by atoms with Crippen LogP contribution < -0.4 is 0 Å². The predicted octanol–water partition coefficient (Wildman–Crippen LogP) is 4.56. The quantitative estimate of drug-likeness (QED) is 0.651. The fourth-order valence-electron chi connectivity index (χ4n) is 1.84. The van der Waals surface area contributed by atoms with Gasteiger partial charge in [-0.05, 0) is 36.4 Å². The van der Waals surface area contributed by atoms with Crippen molar-refractivity contribution in [1.29, 1.82) is 0 Å². The maximum atomic E-state index is 12.9. The second-order valence-corrected chi connectivity index (χ2v) is 4.47. The molecule has 0 aliphatic carbocycles. The average Bonchev–Trinajstić information content (AvgIpc) is 2.97. The molecule has 22 heavy (non-hydrogen) atoms. The van der Waals surface area contributed by atoms with Gasteiger partial charge in [-0.25, -0.2) is 9.37 Å². The van der Waals surface area contributed by atoms with Gasteiger partial charge in [0.05, 0.1) is 11.8 Å². The van der Waals surface area contributed by atoms with Crippen molar-refractivity contribution in [3.8, 4) is 22.8 Å². The third-order valence-electron chi connectivity index (χ3n) is 2.94. The summed E-state index contributed by atoms with van der Waals surface area (Å²) in [5, 5.41) is 0. The van der Waals surface area contributed by atoms with Crippen LogP contribution in [0.3, 0.4) is 0 Å². The van der Waals surface area contributed by atoms with Crippen LogP contribution in [0, 0.1) is 5.82 Å². The maximum absolute atomic E-state index is 12.9. The van der Waals surface area contributed by atoms with E-state index >= 15 is 0 Å². The molecule has 3 aromatic rings. The molecule has 0 amide bonds. The van der Waals surface area contributed by atoms with Crippen LogP contribution in [0.15, 0.2) is 53.2 Å². The molecule has 0 saturated carbocycles. The van der Waals surface area contributed by atoms with Gasteiger partial charge < -0.3 is 4.42 Å². The summed E-state index contributed by atoms with van der Waals surface area (Å²) in [7, 11) is 0. The van der Waals surface area contributed by atoms with E-state index in [1.54, 1.807) is 0 Å². The van der Waals surface area contributed by atoms with Crippen LogP contribution in [-0.2, 0) is 6.18 Å². The number of rotatable bonds is 2. The van der Waals surface area contributed by atoms with E-state index in [1.165, 1.54) is 36.5 Å². The van der Waals surface area contributed by atoms with Crippen molar-refractivity contribution in [2.45, 2.75) is 6.18 Å². The first kappa shape index (κ1) is 14.2. The molecule has 0 N–H and O–H groups in total. The van der Waals surface area contributed by atoms with Gasteiger partial charge in [-0.1, -0.05) is 0 Å². The first-order chi connectivity index (χ1) is 10.4. The Kier molecular flexibility index (Phi) is 3.40. The summed E-state index contributed by atoms with van der Waals surface area (Å²) >= 11 is 0. The number of nitrogens with zero attached hydrogens (tertiary/aromatic N) is 2. The molecule has 0 spiro atoms. The second kappa shape index (κ2) is 5.25. The van der Waals surface area contributed by atoms with Crippen LogP contribution in [0.2, 0.25) is 0 Å². The van der Waals surface area contributed by atoms with Gasteiger partial charge in [-0.2, -0.15) is 13.2 Å². The number of hydrogen-bond acceptors (Lipinski definition) is 3. The predicted molar refractivity (Wildman–Crippen MR) is 70.1 cm³/mol. The van der Waals surface area contributed by atoms with E-state index in [0.29, 0.717) is 16.9 Å². The fourth-order valence-corrected chi connectivity index (χ4v) is 1.84. The second-order valence-electron chi connectivity index (χ2n) is 4.47. The van der Waals surface area contributed by atoms with E-state index in [1.807, 2.05) is 0 Å². The van der Waals surface area contributed by atoms with E-state index in [2.05, 4.69) is 9.97 Å². The Morgan fingerprint density at radius 2 is 1.50 bits per heavy atom. The van der Waals surface area contributed by atoms with E-state index in [-0.39, 0.29) is 11.7 Å². The standard InChI is InChI=1S/C15H8F4N2O/c16-11-4-1-9(2-5-11)12-8-21-14(22-12)10-3-6-13(20-7-10)15(17,18)19/h1-8H. The van der Waals surface area contributed by atoms with Crippen molar-refractivity contribution >= 4 is 0 Å². The molecule has 0 aliphatic heterocycles. The summed E-state index contributed by atoms with van der Waals surface area (Å²) in [6.07, 6.45) is -2.03. The molecule has 1 aromatic carbocycles. The first-order valence-corrected chi connectivity index (χ1v) is 6.19. The SMILES string of the molecule is Fc1ccc(-c2cnc(-c3ccc(C(F)(F)F)nc3)o2)cc1. The Labute approximate surface area is 122 Å². The number of benzene rings is 1. The summed E-state index contributed by atoms with van der Waals surface area (Å²) in [4.78, 5) is 7.34. The third-order valence-corrected chi connectivity index (χ3v) is 2.94. The van der Waals surface area contributed by atoms with Crippen molar-refractivity contribution in [3.05, 3.63) is 60.3 Å². The number of hydrogen-bond donors (Lipinski definition) is 0. The number of aromatic nitrogens is 2. The van der Waals surface area contributed by atoms with E-state index in [4.69, 9.17) is 4.42 Å². The van der Waals surface area contributed by atoms with Gasteiger partial charge in [0, 0.05) is 11.8 Å². The van der Waals surface area contributed by atoms with Gasteiger partial charge >= 0.3 is 6.18 Å². The summed E-state index contributed by atoms with van der Waals surface area (Å²) in [6.45, 7) is 0. The van der Waals surface area contributed by atoms with Crippen molar-refractivity contribution in [1.82, 2.24) is 9.97 Å². The first-order valence-electron chi connectivity index (χ1n) is 6.19. The summed E-state index contributed by atoms with van der Waals surface area (Å²) in [6, 6.07) is 7.68. The molecule has 112 valence electrons. The third kappa shape index (κ3) is 2.83. The Balaban J connectivity index is 1.89. The van der Waals surface area contributed by atoms with E-state index in [9.17, 15) is 17.6 Å². The number of halogens is 4. The molecule has 0 unspecified atom stereocenters. The monoisotopic (exact) mass is 308 g/mol. The molecule has 3 rings (SSSR count). The van der Waals surface area contributed by atoms with Gasteiger partial charge in [0.2, 0.25) is 5.89 Å².